The Morgan fingerprint density at radius 1 is 1.04 bits per heavy atom. The second-order valence-electron chi connectivity index (χ2n) is 6.44. The molecule has 0 radical (unpaired) electrons. The molecule has 1 aliphatic carbocycles. The summed E-state index contributed by atoms with van der Waals surface area (Å²) in [6.07, 6.45) is 15.3. The minimum absolute atomic E-state index is 0.671. The number of ether oxygens (including phenoxy) is 2. The quantitative estimate of drug-likeness (QED) is 0.641. The Balaban J connectivity index is 0.000000236. The molecule has 28 heavy (non-hydrogen) atoms. The number of methoxy groups -OCH3 is 1. The van der Waals surface area contributed by atoms with E-state index in [1.807, 2.05) is 49.5 Å². The average molecular weight is 376 g/mol. The first kappa shape index (κ1) is 19.5. The highest BCUT2D eigenvalue weighted by atomic mass is 16.5. The first-order valence-corrected chi connectivity index (χ1v) is 9.23. The number of aromatic nitrogens is 4. The molecule has 0 N–H and O–H groups in total. The molecule has 3 aromatic rings. The zero-order chi connectivity index (χ0) is 19.6. The number of hydrogen-bond acceptors (Lipinski definition) is 6. The lowest BCUT2D eigenvalue weighted by molar-refractivity contribution is 0.286. The van der Waals surface area contributed by atoms with Crippen LogP contribution in [0.15, 0.2) is 55.2 Å². The lowest BCUT2D eigenvalue weighted by Crippen LogP contribution is -2.04. The molecule has 0 amide bonds. The van der Waals surface area contributed by atoms with E-state index in [0.29, 0.717) is 11.8 Å². The average Bonchev–Trinajstić information content (AvgIpc) is 3.58. The lowest BCUT2D eigenvalue weighted by atomic mass is 10.2. The minimum Gasteiger partial charge on any atom is -0.495 e. The van der Waals surface area contributed by atoms with E-state index in [1.165, 1.54) is 12.8 Å². The molecular weight excluding hydrogens is 352 g/mol. The maximum atomic E-state index is 5.81. The third-order valence-corrected chi connectivity index (χ3v) is 4.06. The van der Waals surface area contributed by atoms with Gasteiger partial charge in [0.15, 0.2) is 0 Å². The molecule has 3 aromatic heterocycles. The van der Waals surface area contributed by atoms with Gasteiger partial charge in [-0.05, 0) is 55.5 Å². The maximum Gasteiger partial charge on any atom is 0.224 e. The predicted octanol–water partition coefficient (Wildman–Crippen LogP) is 4.23. The van der Waals surface area contributed by atoms with E-state index in [2.05, 4.69) is 19.9 Å². The topological polar surface area (TPSA) is 70.0 Å². The van der Waals surface area contributed by atoms with Crippen LogP contribution in [0.2, 0.25) is 0 Å². The van der Waals surface area contributed by atoms with Gasteiger partial charge in [-0.15, -0.1) is 0 Å². The van der Waals surface area contributed by atoms with Crippen molar-refractivity contribution in [1.82, 2.24) is 19.9 Å². The first-order valence-electron chi connectivity index (χ1n) is 9.23. The highest BCUT2D eigenvalue weighted by molar-refractivity contribution is 5.70. The van der Waals surface area contributed by atoms with Gasteiger partial charge in [0.25, 0.3) is 0 Å². The summed E-state index contributed by atoms with van der Waals surface area (Å²) in [6, 6.07) is 7.60. The Kier molecular flexibility index (Phi) is 7.07. The number of pyridine rings is 2. The second-order valence-corrected chi connectivity index (χ2v) is 6.44. The van der Waals surface area contributed by atoms with Crippen LogP contribution < -0.4 is 9.47 Å². The number of hydrogen-bond donors (Lipinski definition) is 0. The molecule has 6 heteroatoms. The molecule has 1 saturated carbocycles. The molecule has 4 rings (SSSR count). The molecule has 0 aliphatic heterocycles. The third kappa shape index (κ3) is 6.46. The number of nitrogens with zero attached hydrogens (tertiary/aromatic N) is 4. The summed E-state index contributed by atoms with van der Waals surface area (Å²) in [6.45, 7) is 2.63. The second kappa shape index (κ2) is 10.2. The Morgan fingerprint density at radius 2 is 1.82 bits per heavy atom. The zero-order valence-corrected chi connectivity index (χ0v) is 16.2. The van der Waals surface area contributed by atoms with E-state index in [1.54, 1.807) is 31.9 Å². The Morgan fingerprint density at radius 3 is 2.43 bits per heavy atom. The van der Waals surface area contributed by atoms with Gasteiger partial charge >= 0.3 is 0 Å². The monoisotopic (exact) mass is 376 g/mol. The van der Waals surface area contributed by atoms with Gasteiger partial charge in [0.2, 0.25) is 5.88 Å². The SMILES string of the molecule is COc1cccnc1.Cc1ncc(/C=C/c2cccnc2)c(OCC2CC2)n1. The highest BCUT2D eigenvalue weighted by Gasteiger charge is 2.22. The summed E-state index contributed by atoms with van der Waals surface area (Å²) in [5.41, 5.74) is 1.95. The van der Waals surface area contributed by atoms with Gasteiger partial charge in [-0.3, -0.25) is 9.97 Å². The normalized spacial score (nSPS) is 12.9. The molecule has 0 saturated heterocycles. The van der Waals surface area contributed by atoms with Crippen LogP contribution in [0.25, 0.3) is 12.2 Å². The summed E-state index contributed by atoms with van der Waals surface area (Å²) >= 11 is 0. The highest BCUT2D eigenvalue weighted by Crippen LogP contribution is 2.30. The van der Waals surface area contributed by atoms with Crippen molar-refractivity contribution >= 4 is 12.2 Å². The fraction of sp³-hybridized carbons (Fsp3) is 0.273. The fourth-order valence-electron chi connectivity index (χ4n) is 2.30. The largest absolute Gasteiger partial charge is 0.495 e. The summed E-state index contributed by atoms with van der Waals surface area (Å²) in [5.74, 6) is 2.91. The molecule has 0 aromatic carbocycles. The Labute approximate surface area is 165 Å². The molecule has 3 heterocycles. The smallest absolute Gasteiger partial charge is 0.224 e. The zero-order valence-electron chi connectivity index (χ0n) is 16.2. The third-order valence-electron chi connectivity index (χ3n) is 4.06. The van der Waals surface area contributed by atoms with Crippen molar-refractivity contribution in [3.63, 3.8) is 0 Å². The minimum atomic E-state index is 0.671. The van der Waals surface area contributed by atoms with E-state index in [0.717, 1.165) is 29.3 Å². The van der Waals surface area contributed by atoms with Crippen molar-refractivity contribution in [2.75, 3.05) is 13.7 Å². The summed E-state index contributed by atoms with van der Waals surface area (Å²) in [7, 11) is 1.62. The molecule has 0 atom stereocenters. The van der Waals surface area contributed by atoms with E-state index in [4.69, 9.17) is 9.47 Å². The van der Waals surface area contributed by atoms with Crippen LogP contribution in [0.1, 0.15) is 29.8 Å². The van der Waals surface area contributed by atoms with Crippen molar-refractivity contribution in [3.8, 4) is 11.6 Å². The van der Waals surface area contributed by atoms with Gasteiger partial charge in [-0.2, -0.15) is 4.98 Å². The van der Waals surface area contributed by atoms with Crippen molar-refractivity contribution < 1.29 is 9.47 Å². The van der Waals surface area contributed by atoms with Gasteiger partial charge in [0, 0.05) is 24.8 Å². The lowest BCUT2D eigenvalue weighted by Gasteiger charge is -2.07. The van der Waals surface area contributed by atoms with Gasteiger partial charge in [0.1, 0.15) is 11.6 Å². The molecule has 0 spiro atoms. The molecule has 1 aliphatic rings. The predicted molar refractivity (Wildman–Crippen MR) is 109 cm³/mol. The number of rotatable bonds is 6. The maximum absolute atomic E-state index is 5.81. The molecular formula is C22H24N4O2. The number of aryl methyl sites for hydroxylation is 1. The van der Waals surface area contributed by atoms with Crippen LogP contribution in [0.5, 0.6) is 11.6 Å². The van der Waals surface area contributed by atoms with Crippen LogP contribution in [-0.4, -0.2) is 33.7 Å². The molecule has 144 valence electrons. The standard InChI is InChI=1S/C16H17N3O.C6H7NO/c1-12-18-10-15(7-6-13-3-2-8-17-9-13)16(19-12)20-11-14-4-5-14;1-8-6-3-2-4-7-5-6/h2-3,6-10,14H,4-5,11H2,1H3;2-5H,1H3/b7-6+;. The van der Waals surface area contributed by atoms with Crippen molar-refractivity contribution in [2.24, 2.45) is 5.92 Å². The molecule has 1 fully saturated rings. The van der Waals surface area contributed by atoms with E-state index in [-0.39, 0.29) is 0 Å². The van der Waals surface area contributed by atoms with Crippen molar-refractivity contribution in [2.45, 2.75) is 19.8 Å². The van der Waals surface area contributed by atoms with E-state index >= 15 is 0 Å². The van der Waals surface area contributed by atoms with Gasteiger partial charge < -0.3 is 9.47 Å². The molecule has 6 nitrogen and oxygen atoms in total. The van der Waals surface area contributed by atoms with Crippen LogP contribution >= 0.6 is 0 Å². The van der Waals surface area contributed by atoms with Crippen LogP contribution in [0.3, 0.4) is 0 Å². The summed E-state index contributed by atoms with van der Waals surface area (Å²) < 4.78 is 10.7. The van der Waals surface area contributed by atoms with Crippen LogP contribution in [0.4, 0.5) is 0 Å². The van der Waals surface area contributed by atoms with Gasteiger partial charge in [-0.1, -0.05) is 12.1 Å². The Bertz CT molecular complexity index is 882. The summed E-state index contributed by atoms with van der Waals surface area (Å²) in [5, 5.41) is 0. The van der Waals surface area contributed by atoms with Gasteiger partial charge in [0.05, 0.1) is 25.5 Å². The van der Waals surface area contributed by atoms with Crippen molar-refractivity contribution in [1.29, 1.82) is 0 Å². The first-order chi connectivity index (χ1) is 13.7. The molecule has 0 unspecified atom stereocenters. The van der Waals surface area contributed by atoms with Crippen LogP contribution in [0, 0.1) is 12.8 Å². The van der Waals surface area contributed by atoms with Crippen molar-refractivity contribution in [3.05, 3.63) is 72.2 Å². The van der Waals surface area contributed by atoms with Crippen LogP contribution in [-0.2, 0) is 0 Å². The molecule has 0 bridgehead atoms. The summed E-state index contributed by atoms with van der Waals surface area (Å²) in [4.78, 5) is 16.5. The van der Waals surface area contributed by atoms with E-state index < -0.39 is 0 Å². The van der Waals surface area contributed by atoms with Gasteiger partial charge in [-0.25, -0.2) is 4.98 Å². The Hall–Kier alpha value is -3.28. The van der Waals surface area contributed by atoms with E-state index in [9.17, 15) is 0 Å². The fourth-order valence-corrected chi connectivity index (χ4v) is 2.30.